The average Bonchev–Trinajstić information content (AvgIpc) is 3.25. The Morgan fingerprint density at radius 1 is 0.884 bits per heavy atom. The van der Waals surface area contributed by atoms with E-state index >= 15 is 0 Å². The van der Waals surface area contributed by atoms with Crippen LogP contribution in [-0.4, -0.2) is 20.7 Å². The summed E-state index contributed by atoms with van der Waals surface area (Å²) in [6.45, 7) is 9.95. The Labute approximate surface area is 265 Å². The zero-order valence-corrected chi connectivity index (χ0v) is 28.0. The summed E-state index contributed by atoms with van der Waals surface area (Å²) in [4.78, 5) is 7.25. The van der Waals surface area contributed by atoms with E-state index in [0.29, 0.717) is 11.8 Å². The van der Waals surface area contributed by atoms with Gasteiger partial charge < -0.3 is 0 Å². The van der Waals surface area contributed by atoms with E-state index in [0.717, 1.165) is 33.4 Å². The van der Waals surface area contributed by atoms with Crippen LogP contribution < -0.4 is 9.64 Å². The Morgan fingerprint density at radius 3 is 2.47 bits per heavy atom. The van der Waals surface area contributed by atoms with Crippen LogP contribution >= 0.6 is 0 Å². The maximum absolute atomic E-state index is 6.78. The van der Waals surface area contributed by atoms with Gasteiger partial charge in [-0.2, -0.15) is 0 Å². The second-order valence-corrected chi connectivity index (χ2v) is 14.4. The van der Waals surface area contributed by atoms with Gasteiger partial charge in [0, 0.05) is 6.20 Å². The van der Waals surface area contributed by atoms with Crippen molar-refractivity contribution in [3.63, 3.8) is 0 Å². The molecule has 0 spiro atoms. The number of para-hydroxylation sites is 2. The van der Waals surface area contributed by atoms with Crippen molar-refractivity contribution in [1.29, 1.82) is 0 Å². The zero-order chi connectivity index (χ0) is 29.9. The van der Waals surface area contributed by atoms with Crippen molar-refractivity contribution in [2.24, 2.45) is 13.0 Å². The molecule has 224 valence electrons. The minimum atomic E-state index is -0.0373. The second-order valence-electron chi connectivity index (χ2n) is 13.4. The van der Waals surface area contributed by atoms with E-state index in [9.17, 15) is 0 Å². The molecule has 1 saturated carbocycles. The van der Waals surface area contributed by atoms with Crippen molar-refractivity contribution in [2.75, 3.05) is 11.4 Å². The summed E-state index contributed by atoms with van der Waals surface area (Å²) in [5, 5.41) is 0. The molecule has 2 unspecified atom stereocenters. The number of anilines is 2. The zero-order valence-electron chi connectivity index (χ0n) is 25.7. The van der Waals surface area contributed by atoms with Gasteiger partial charge in [0.2, 0.25) is 0 Å². The molecule has 1 aliphatic heterocycles. The standard InChI is InChI=1S/C37H40N4O.Pt/c1-25-16-17-38-36(18-25)40-23-26-10-6-7-11-31(26)32-15-14-29(22-35(32)40)42-30-20-27(37(2,3)4)19-28(21-30)41-24-39(5)33-12-8-9-13-34(33)41;/h8-9,12-22,26,31H,6-7,10-11,23H2,1-5H3;. The molecule has 3 heterocycles. The first-order chi connectivity index (χ1) is 20.7. The van der Waals surface area contributed by atoms with Crippen molar-refractivity contribution in [3.05, 3.63) is 99.5 Å². The van der Waals surface area contributed by atoms with Gasteiger partial charge in [-0.1, -0.05) is 12.8 Å². The first-order valence-electron chi connectivity index (χ1n) is 15.5. The summed E-state index contributed by atoms with van der Waals surface area (Å²) < 4.78 is 12.5. The monoisotopic (exact) mass is 751 g/mol. The molecule has 0 N–H and O–H groups in total. The fourth-order valence-electron chi connectivity index (χ4n) is 7.04. The number of hydrogen-bond acceptors (Lipinski definition) is 3. The summed E-state index contributed by atoms with van der Waals surface area (Å²) in [7, 11) is 2.13. The third-order valence-corrected chi connectivity index (χ3v) is 10.6. The van der Waals surface area contributed by atoms with Crippen LogP contribution in [0.1, 0.15) is 69.1 Å². The van der Waals surface area contributed by atoms with E-state index < -0.39 is 0 Å². The molecule has 2 aromatic heterocycles. The molecule has 0 amide bonds. The number of nitrogens with zero attached hydrogens (tertiary/aromatic N) is 4. The van der Waals surface area contributed by atoms with Crippen LogP contribution in [0.5, 0.6) is 11.5 Å². The molecule has 0 saturated heterocycles. The van der Waals surface area contributed by atoms with Crippen molar-refractivity contribution >= 4 is 22.5 Å². The molecule has 0 bridgehead atoms. The minimum absolute atomic E-state index is 0.0373. The van der Waals surface area contributed by atoms with Gasteiger partial charge in [-0.3, -0.25) is 0 Å². The molecule has 1 aliphatic carbocycles. The number of pyridine rings is 1. The summed E-state index contributed by atoms with van der Waals surface area (Å²) >= 11 is 2.43. The molecule has 2 atom stereocenters. The van der Waals surface area contributed by atoms with Crippen LogP contribution in [0.25, 0.3) is 16.7 Å². The van der Waals surface area contributed by atoms with Crippen molar-refractivity contribution in [3.8, 4) is 17.2 Å². The van der Waals surface area contributed by atoms with E-state index in [4.69, 9.17) is 9.72 Å². The Hall–Kier alpha value is -3.43. The SMILES string of the molecule is Cc1ccnc(N2CC3CCCCC3c3ccc(Oc4cc(-n5[c](=[Pt])n(C)c6ccccc65)cc(C(C)(C)C)c4)cc32)c1. The number of fused-ring (bicyclic) bond motifs is 4. The average molecular weight is 752 g/mol. The van der Waals surface area contributed by atoms with Gasteiger partial charge in [-0.05, 0) is 25.0 Å². The molecule has 3 aromatic carbocycles. The molecule has 43 heavy (non-hydrogen) atoms. The Kier molecular flexibility index (Phi) is 7.21. The second kappa shape index (κ2) is 10.9. The number of aromatic nitrogens is 3. The number of hydrogen-bond donors (Lipinski definition) is 0. The van der Waals surface area contributed by atoms with E-state index in [1.165, 1.54) is 59.1 Å². The van der Waals surface area contributed by atoms with E-state index in [-0.39, 0.29) is 5.41 Å². The first kappa shape index (κ1) is 28.3. The summed E-state index contributed by atoms with van der Waals surface area (Å²) in [6, 6.07) is 26.3. The molecular weight excluding hydrogens is 712 g/mol. The molecule has 0 radical (unpaired) electrons. The van der Waals surface area contributed by atoms with E-state index in [1.807, 2.05) is 6.20 Å². The predicted octanol–water partition coefficient (Wildman–Crippen LogP) is 9.27. The van der Waals surface area contributed by atoms with Gasteiger partial charge in [-0.15, -0.1) is 0 Å². The van der Waals surface area contributed by atoms with Crippen LogP contribution in [0.15, 0.2) is 79.0 Å². The molecule has 5 aromatic rings. The Bertz CT molecular complexity index is 1900. The molecule has 7 rings (SSSR count). The van der Waals surface area contributed by atoms with Crippen LogP contribution in [0.4, 0.5) is 11.5 Å². The molecule has 1 fully saturated rings. The van der Waals surface area contributed by atoms with Crippen molar-refractivity contribution in [2.45, 2.75) is 64.7 Å². The topological polar surface area (TPSA) is 35.2 Å². The Morgan fingerprint density at radius 2 is 1.67 bits per heavy atom. The number of imidazole rings is 1. The predicted molar refractivity (Wildman–Crippen MR) is 171 cm³/mol. The third-order valence-electron chi connectivity index (χ3n) is 9.36. The number of aryl methyl sites for hydroxylation is 2. The number of benzene rings is 3. The van der Waals surface area contributed by atoms with Crippen LogP contribution in [0.3, 0.4) is 0 Å². The Balaban J connectivity index is 1.33. The first-order valence-corrected chi connectivity index (χ1v) is 16.6. The van der Waals surface area contributed by atoms with Gasteiger partial charge in [0.25, 0.3) is 0 Å². The van der Waals surface area contributed by atoms with Crippen LogP contribution in [0.2, 0.25) is 0 Å². The van der Waals surface area contributed by atoms with Gasteiger partial charge in [0.05, 0.1) is 0 Å². The van der Waals surface area contributed by atoms with E-state index in [1.54, 1.807) is 0 Å². The van der Waals surface area contributed by atoms with Crippen LogP contribution in [-0.2, 0) is 31.8 Å². The maximum atomic E-state index is 6.78. The van der Waals surface area contributed by atoms with Gasteiger partial charge in [-0.25, -0.2) is 0 Å². The molecule has 2 aliphatic rings. The van der Waals surface area contributed by atoms with Gasteiger partial charge in [0.15, 0.2) is 0 Å². The third kappa shape index (κ3) is 5.20. The number of ether oxygens (including phenoxy) is 1. The summed E-state index contributed by atoms with van der Waals surface area (Å²) in [6.07, 6.45) is 7.13. The quantitative estimate of drug-likeness (QED) is 0.184. The van der Waals surface area contributed by atoms with E-state index in [2.05, 4.69) is 141 Å². The summed E-state index contributed by atoms with van der Waals surface area (Å²) in [5.41, 5.74) is 8.62. The normalized spacial score (nSPS) is 18.4. The van der Waals surface area contributed by atoms with Crippen LogP contribution in [0, 0.1) is 16.6 Å². The van der Waals surface area contributed by atoms with Gasteiger partial charge in [0.1, 0.15) is 0 Å². The number of rotatable bonds is 4. The molecular formula is C37H40N4OPt. The summed E-state index contributed by atoms with van der Waals surface area (Å²) in [5.74, 6) is 4.02. The van der Waals surface area contributed by atoms with Crippen molar-refractivity contribution < 1.29 is 24.1 Å². The fraction of sp³-hybridized carbons (Fsp3) is 0.351. The fourth-order valence-corrected chi connectivity index (χ4v) is 7.88. The van der Waals surface area contributed by atoms with Gasteiger partial charge >= 0.3 is 223 Å². The van der Waals surface area contributed by atoms with Crippen molar-refractivity contribution in [1.82, 2.24) is 14.1 Å². The molecule has 5 nitrogen and oxygen atoms in total. The molecule has 6 heteroatoms.